The van der Waals surface area contributed by atoms with Crippen molar-refractivity contribution in [1.29, 1.82) is 5.26 Å². The molecule has 0 aliphatic rings. The third-order valence-corrected chi connectivity index (χ3v) is 4.05. The van der Waals surface area contributed by atoms with Crippen molar-refractivity contribution < 1.29 is 5.11 Å². The Labute approximate surface area is 139 Å². The van der Waals surface area contributed by atoms with Crippen LogP contribution in [0.15, 0.2) is 36.4 Å². The fourth-order valence-electron chi connectivity index (χ4n) is 2.71. The third kappa shape index (κ3) is 3.56. The van der Waals surface area contributed by atoms with Crippen LogP contribution in [0.2, 0.25) is 0 Å². The molecule has 0 aromatic heterocycles. The van der Waals surface area contributed by atoms with Crippen molar-refractivity contribution in [2.45, 2.75) is 52.4 Å². The van der Waals surface area contributed by atoms with Crippen molar-refractivity contribution in [1.82, 2.24) is 0 Å². The lowest BCUT2D eigenvalue weighted by atomic mass is 9.77. The highest BCUT2D eigenvalue weighted by Gasteiger charge is 2.26. The van der Waals surface area contributed by atoms with Crippen molar-refractivity contribution in [3.05, 3.63) is 53.1 Å². The summed E-state index contributed by atoms with van der Waals surface area (Å²) in [4.78, 5) is 0. The Kier molecular flexibility index (Phi) is 4.26. The summed E-state index contributed by atoms with van der Waals surface area (Å²) in [5.74, 6) is 0.380. The first-order valence-corrected chi connectivity index (χ1v) is 7.92. The minimum Gasteiger partial charge on any atom is -0.507 e. The number of phenolic OH excluding ortho intramolecular Hbond substituents is 1. The quantitative estimate of drug-likeness (QED) is 0.753. The molecule has 2 heteroatoms. The van der Waals surface area contributed by atoms with E-state index >= 15 is 0 Å². The smallest absolute Gasteiger partial charge is 0.123 e. The Morgan fingerprint density at radius 1 is 0.826 bits per heavy atom. The van der Waals surface area contributed by atoms with Crippen LogP contribution < -0.4 is 0 Å². The molecule has 0 bridgehead atoms. The maximum atomic E-state index is 10.8. The molecule has 0 fully saturated rings. The molecule has 1 N–H and O–H groups in total. The summed E-state index contributed by atoms with van der Waals surface area (Å²) in [6, 6.07) is 13.9. The molecule has 0 amide bonds. The molecule has 0 unspecified atom stereocenters. The van der Waals surface area contributed by atoms with Crippen LogP contribution >= 0.6 is 0 Å². The van der Waals surface area contributed by atoms with Gasteiger partial charge in [0.15, 0.2) is 0 Å². The fraction of sp³-hybridized carbons (Fsp3) is 0.381. The van der Waals surface area contributed by atoms with Gasteiger partial charge in [-0.3, -0.25) is 0 Å². The fourth-order valence-corrected chi connectivity index (χ4v) is 2.71. The summed E-state index contributed by atoms with van der Waals surface area (Å²) in [6.45, 7) is 12.6. The summed E-state index contributed by atoms with van der Waals surface area (Å²) in [6.07, 6.45) is 0. The Balaban J connectivity index is 2.77. The number of hydrogen-bond donors (Lipinski definition) is 1. The van der Waals surface area contributed by atoms with Crippen LogP contribution in [0.3, 0.4) is 0 Å². The van der Waals surface area contributed by atoms with Gasteiger partial charge in [-0.1, -0.05) is 53.7 Å². The first kappa shape index (κ1) is 17.1. The zero-order valence-electron chi connectivity index (χ0n) is 14.9. The molecule has 23 heavy (non-hydrogen) atoms. The molecular formula is C21H25NO. The lowest BCUT2D eigenvalue weighted by molar-refractivity contribution is 0.423. The monoisotopic (exact) mass is 307 g/mol. The summed E-state index contributed by atoms with van der Waals surface area (Å²) in [7, 11) is 0. The highest BCUT2D eigenvalue weighted by atomic mass is 16.3. The summed E-state index contributed by atoms with van der Waals surface area (Å²) in [5, 5.41) is 19.9. The Morgan fingerprint density at radius 3 is 1.78 bits per heavy atom. The van der Waals surface area contributed by atoms with E-state index in [1.54, 1.807) is 6.07 Å². The van der Waals surface area contributed by atoms with Crippen LogP contribution in [0, 0.1) is 11.3 Å². The highest BCUT2D eigenvalue weighted by molar-refractivity contribution is 5.70. The number of hydrogen-bond acceptors (Lipinski definition) is 2. The molecule has 2 aromatic rings. The maximum Gasteiger partial charge on any atom is 0.123 e. The molecule has 2 nitrogen and oxygen atoms in total. The molecule has 0 spiro atoms. The highest BCUT2D eigenvalue weighted by Crippen LogP contribution is 2.41. The van der Waals surface area contributed by atoms with Gasteiger partial charge in [-0.25, -0.2) is 0 Å². The maximum absolute atomic E-state index is 10.8. The average molecular weight is 307 g/mol. The van der Waals surface area contributed by atoms with Gasteiger partial charge in [-0.2, -0.15) is 5.26 Å². The molecule has 0 atom stereocenters. The van der Waals surface area contributed by atoms with E-state index in [9.17, 15) is 5.11 Å². The predicted octanol–water partition coefficient (Wildman–Crippen LogP) is 5.53. The number of rotatable bonds is 1. The molecule has 0 aliphatic carbocycles. The molecule has 0 saturated carbocycles. The van der Waals surface area contributed by atoms with Gasteiger partial charge in [0, 0.05) is 11.1 Å². The van der Waals surface area contributed by atoms with Gasteiger partial charge in [0.25, 0.3) is 0 Å². The number of nitrogens with zero attached hydrogens (tertiary/aromatic N) is 1. The average Bonchev–Trinajstić information content (AvgIpc) is 2.45. The van der Waals surface area contributed by atoms with Crippen LogP contribution in [0.1, 0.15) is 58.2 Å². The van der Waals surface area contributed by atoms with E-state index in [1.165, 1.54) is 0 Å². The van der Waals surface area contributed by atoms with E-state index in [4.69, 9.17) is 5.26 Å². The molecular weight excluding hydrogens is 282 g/mol. The SMILES string of the molecule is CC(C)(C)c1cc(-c2cccc(C#N)c2)cc(C(C)(C)C)c1O. The van der Waals surface area contributed by atoms with Crippen LogP contribution in [0.25, 0.3) is 11.1 Å². The van der Waals surface area contributed by atoms with Crippen molar-refractivity contribution in [3.63, 3.8) is 0 Å². The summed E-state index contributed by atoms with van der Waals surface area (Å²) < 4.78 is 0. The van der Waals surface area contributed by atoms with E-state index in [0.717, 1.165) is 22.3 Å². The van der Waals surface area contributed by atoms with E-state index in [0.29, 0.717) is 11.3 Å². The van der Waals surface area contributed by atoms with Crippen LogP contribution in [-0.4, -0.2) is 5.11 Å². The van der Waals surface area contributed by atoms with Crippen molar-refractivity contribution in [2.75, 3.05) is 0 Å². The first-order valence-electron chi connectivity index (χ1n) is 7.92. The van der Waals surface area contributed by atoms with Crippen molar-refractivity contribution in [2.24, 2.45) is 0 Å². The molecule has 0 saturated heterocycles. The largest absolute Gasteiger partial charge is 0.507 e. The van der Waals surface area contributed by atoms with Gasteiger partial charge < -0.3 is 5.11 Å². The van der Waals surface area contributed by atoms with Gasteiger partial charge in [0.1, 0.15) is 5.75 Å². The second kappa shape index (κ2) is 5.74. The third-order valence-electron chi connectivity index (χ3n) is 4.05. The van der Waals surface area contributed by atoms with E-state index < -0.39 is 0 Å². The summed E-state index contributed by atoms with van der Waals surface area (Å²) >= 11 is 0. The van der Waals surface area contributed by atoms with Crippen LogP contribution in [0.5, 0.6) is 5.75 Å². The topological polar surface area (TPSA) is 44.0 Å². The van der Waals surface area contributed by atoms with E-state index in [1.807, 2.05) is 30.3 Å². The summed E-state index contributed by atoms with van der Waals surface area (Å²) in [5.41, 5.74) is 4.23. The van der Waals surface area contributed by atoms with E-state index in [-0.39, 0.29) is 10.8 Å². The van der Waals surface area contributed by atoms with Gasteiger partial charge in [-0.05, 0) is 46.2 Å². The molecule has 0 aliphatic heterocycles. The van der Waals surface area contributed by atoms with Gasteiger partial charge >= 0.3 is 0 Å². The Morgan fingerprint density at radius 2 is 1.35 bits per heavy atom. The van der Waals surface area contributed by atoms with Crippen molar-refractivity contribution in [3.8, 4) is 22.9 Å². The van der Waals surface area contributed by atoms with Crippen LogP contribution in [-0.2, 0) is 10.8 Å². The van der Waals surface area contributed by atoms with Gasteiger partial charge in [0.2, 0.25) is 0 Å². The zero-order valence-corrected chi connectivity index (χ0v) is 14.9. The van der Waals surface area contributed by atoms with E-state index in [2.05, 4.69) is 47.6 Å². The van der Waals surface area contributed by atoms with Crippen molar-refractivity contribution >= 4 is 0 Å². The number of benzene rings is 2. The predicted molar refractivity (Wildman–Crippen MR) is 95.7 cm³/mol. The molecule has 0 radical (unpaired) electrons. The standard InChI is InChI=1S/C21H25NO/c1-20(2,3)17-11-16(12-18(19(17)23)21(4,5)6)15-9-7-8-14(10-15)13-22/h7-12,23H,1-6H3. The Bertz CT molecular complexity index is 733. The first-order chi connectivity index (χ1) is 10.5. The lowest BCUT2D eigenvalue weighted by Gasteiger charge is -2.28. The minimum atomic E-state index is -0.160. The minimum absolute atomic E-state index is 0.160. The number of aromatic hydroxyl groups is 1. The number of nitriles is 1. The zero-order chi connectivity index (χ0) is 17.4. The van der Waals surface area contributed by atoms with Gasteiger partial charge in [-0.15, -0.1) is 0 Å². The number of phenols is 1. The molecule has 120 valence electrons. The second-order valence-electron chi connectivity index (χ2n) is 8.11. The Hall–Kier alpha value is -2.27. The van der Waals surface area contributed by atoms with Crippen LogP contribution in [0.4, 0.5) is 0 Å². The second-order valence-corrected chi connectivity index (χ2v) is 8.11. The molecule has 0 heterocycles. The lowest BCUT2D eigenvalue weighted by Crippen LogP contribution is -2.17. The van der Waals surface area contributed by atoms with Gasteiger partial charge in [0.05, 0.1) is 11.6 Å². The molecule has 2 aromatic carbocycles. The molecule has 2 rings (SSSR count). The normalized spacial score (nSPS) is 12.0.